The molecule has 1 aromatic carbocycles. The molecular weight excluding hydrogens is 332 g/mol. The molecule has 0 aliphatic rings. The van der Waals surface area contributed by atoms with E-state index < -0.39 is 0 Å². The zero-order valence-electron chi connectivity index (χ0n) is 13.5. The minimum atomic E-state index is 0.0132. The van der Waals surface area contributed by atoms with Crippen LogP contribution in [0.1, 0.15) is 27.2 Å². The standard InChI is InChI=1S/C16H21ClN4OS/c1-4-11(3)18-14(22)10-23-16-20-19-15(21(16)5-2)12-7-6-8-13(17)9-12/h6-9,11H,4-5,10H2,1-3H3,(H,18,22). The summed E-state index contributed by atoms with van der Waals surface area (Å²) in [6.07, 6.45) is 0.917. The molecule has 0 aliphatic carbocycles. The average molecular weight is 353 g/mol. The fraction of sp³-hybridized carbons (Fsp3) is 0.438. The number of hydrogen-bond donors (Lipinski definition) is 1. The van der Waals surface area contributed by atoms with Crippen LogP contribution in [0.5, 0.6) is 0 Å². The first-order valence-corrected chi connectivity index (χ1v) is 9.02. The lowest BCUT2D eigenvalue weighted by Crippen LogP contribution is -2.33. The number of carbonyl (C=O) groups is 1. The molecule has 1 amide bonds. The number of thioether (sulfide) groups is 1. The number of benzene rings is 1. The number of amides is 1. The minimum absolute atomic E-state index is 0.0132. The Balaban J connectivity index is 2.11. The second kappa shape index (κ2) is 8.36. The second-order valence-electron chi connectivity index (χ2n) is 5.23. The Morgan fingerprint density at radius 3 is 2.83 bits per heavy atom. The molecule has 1 atom stereocenters. The van der Waals surface area contributed by atoms with Gasteiger partial charge in [0, 0.05) is 23.2 Å². The largest absolute Gasteiger partial charge is 0.353 e. The number of rotatable bonds is 7. The number of nitrogens with zero attached hydrogens (tertiary/aromatic N) is 3. The van der Waals surface area contributed by atoms with E-state index in [9.17, 15) is 4.79 Å². The monoisotopic (exact) mass is 352 g/mol. The van der Waals surface area contributed by atoms with Crippen LogP contribution in [0.2, 0.25) is 5.02 Å². The van der Waals surface area contributed by atoms with Crippen LogP contribution in [0.15, 0.2) is 29.4 Å². The maximum atomic E-state index is 11.9. The van der Waals surface area contributed by atoms with Gasteiger partial charge in [-0.25, -0.2) is 0 Å². The third-order valence-electron chi connectivity index (χ3n) is 3.47. The molecule has 0 aliphatic heterocycles. The molecule has 0 spiro atoms. The van der Waals surface area contributed by atoms with E-state index in [2.05, 4.69) is 15.5 Å². The number of carbonyl (C=O) groups excluding carboxylic acids is 1. The van der Waals surface area contributed by atoms with Crippen molar-refractivity contribution < 1.29 is 4.79 Å². The molecule has 0 saturated carbocycles. The molecule has 1 unspecified atom stereocenters. The molecule has 0 bridgehead atoms. The quantitative estimate of drug-likeness (QED) is 0.773. The van der Waals surface area contributed by atoms with Gasteiger partial charge in [-0.3, -0.25) is 4.79 Å². The van der Waals surface area contributed by atoms with Gasteiger partial charge in [0.05, 0.1) is 5.75 Å². The van der Waals surface area contributed by atoms with E-state index in [0.717, 1.165) is 29.5 Å². The summed E-state index contributed by atoms with van der Waals surface area (Å²) < 4.78 is 1.99. The van der Waals surface area contributed by atoms with Gasteiger partial charge >= 0.3 is 0 Å². The lowest BCUT2D eigenvalue weighted by Gasteiger charge is -2.11. The van der Waals surface area contributed by atoms with Crippen molar-refractivity contribution in [2.75, 3.05) is 5.75 Å². The van der Waals surface area contributed by atoms with Crippen LogP contribution in [-0.4, -0.2) is 32.5 Å². The minimum Gasteiger partial charge on any atom is -0.353 e. The molecule has 1 aromatic heterocycles. The van der Waals surface area contributed by atoms with Gasteiger partial charge in [0.25, 0.3) is 0 Å². The zero-order chi connectivity index (χ0) is 16.8. The molecular formula is C16H21ClN4OS. The van der Waals surface area contributed by atoms with Crippen LogP contribution >= 0.6 is 23.4 Å². The molecule has 23 heavy (non-hydrogen) atoms. The SMILES string of the molecule is CCC(C)NC(=O)CSc1nnc(-c2cccc(Cl)c2)n1CC. The fourth-order valence-corrected chi connectivity index (χ4v) is 3.07. The number of hydrogen-bond acceptors (Lipinski definition) is 4. The van der Waals surface area contributed by atoms with Crippen molar-refractivity contribution >= 4 is 29.3 Å². The number of nitrogens with one attached hydrogen (secondary N) is 1. The third-order valence-corrected chi connectivity index (χ3v) is 4.67. The molecule has 1 N–H and O–H groups in total. The maximum absolute atomic E-state index is 11.9. The molecule has 1 heterocycles. The van der Waals surface area contributed by atoms with Gasteiger partial charge in [0.2, 0.25) is 5.91 Å². The van der Waals surface area contributed by atoms with Crippen LogP contribution in [0, 0.1) is 0 Å². The van der Waals surface area contributed by atoms with Crippen molar-refractivity contribution in [2.45, 2.75) is 44.9 Å². The van der Waals surface area contributed by atoms with Gasteiger partial charge in [-0.1, -0.05) is 42.4 Å². The van der Waals surface area contributed by atoms with Crippen molar-refractivity contribution in [3.63, 3.8) is 0 Å². The van der Waals surface area contributed by atoms with Gasteiger partial charge < -0.3 is 9.88 Å². The van der Waals surface area contributed by atoms with E-state index in [1.54, 1.807) is 0 Å². The summed E-state index contributed by atoms with van der Waals surface area (Å²) in [6, 6.07) is 7.72. The lowest BCUT2D eigenvalue weighted by atomic mass is 10.2. The van der Waals surface area contributed by atoms with Crippen molar-refractivity contribution in [3.05, 3.63) is 29.3 Å². The Morgan fingerprint density at radius 1 is 1.39 bits per heavy atom. The van der Waals surface area contributed by atoms with Crippen LogP contribution in [0.25, 0.3) is 11.4 Å². The van der Waals surface area contributed by atoms with E-state index in [1.807, 2.05) is 49.6 Å². The highest BCUT2D eigenvalue weighted by atomic mass is 35.5. The highest BCUT2D eigenvalue weighted by Crippen LogP contribution is 2.25. The Morgan fingerprint density at radius 2 is 2.17 bits per heavy atom. The predicted octanol–water partition coefficient (Wildman–Crippen LogP) is 3.63. The van der Waals surface area contributed by atoms with Crippen molar-refractivity contribution in [3.8, 4) is 11.4 Å². The first-order valence-electron chi connectivity index (χ1n) is 7.66. The fourth-order valence-electron chi connectivity index (χ4n) is 2.07. The first kappa shape index (κ1) is 17.8. The van der Waals surface area contributed by atoms with Gasteiger partial charge in [-0.05, 0) is 32.4 Å². The van der Waals surface area contributed by atoms with Gasteiger partial charge in [-0.15, -0.1) is 10.2 Å². The summed E-state index contributed by atoms with van der Waals surface area (Å²) >= 11 is 7.44. The predicted molar refractivity (Wildman–Crippen MR) is 94.8 cm³/mol. The molecule has 2 rings (SSSR count). The summed E-state index contributed by atoms with van der Waals surface area (Å²) in [7, 11) is 0. The van der Waals surface area contributed by atoms with E-state index >= 15 is 0 Å². The third kappa shape index (κ3) is 4.72. The Bertz CT molecular complexity index is 674. The maximum Gasteiger partial charge on any atom is 0.230 e. The normalized spacial score (nSPS) is 12.2. The van der Waals surface area contributed by atoms with Gasteiger partial charge in [-0.2, -0.15) is 0 Å². The molecule has 124 valence electrons. The molecule has 0 saturated heterocycles. The second-order valence-corrected chi connectivity index (χ2v) is 6.61. The molecule has 0 fully saturated rings. The van der Waals surface area contributed by atoms with E-state index in [-0.39, 0.29) is 11.9 Å². The Kier molecular flexibility index (Phi) is 6.47. The molecule has 0 radical (unpaired) electrons. The Hall–Kier alpha value is -1.53. The number of aromatic nitrogens is 3. The van der Waals surface area contributed by atoms with E-state index in [1.165, 1.54) is 11.8 Å². The smallest absolute Gasteiger partial charge is 0.230 e. The zero-order valence-corrected chi connectivity index (χ0v) is 15.1. The topological polar surface area (TPSA) is 59.8 Å². The van der Waals surface area contributed by atoms with Crippen molar-refractivity contribution in [2.24, 2.45) is 0 Å². The average Bonchev–Trinajstić information content (AvgIpc) is 2.95. The summed E-state index contributed by atoms with van der Waals surface area (Å²) in [4.78, 5) is 11.9. The summed E-state index contributed by atoms with van der Waals surface area (Å²) in [5.74, 6) is 1.11. The molecule has 7 heteroatoms. The highest BCUT2D eigenvalue weighted by Gasteiger charge is 2.15. The Labute approximate surface area is 145 Å². The van der Waals surface area contributed by atoms with Crippen LogP contribution in [0.3, 0.4) is 0 Å². The van der Waals surface area contributed by atoms with Crippen LogP contribution < -0.4 is 5.32 Å². The van der Waals surface area contributed by atoms with E-state index in [0.29, 0.717) is 10.8 Å². The summed E-state index contributed by atoms with van der Waals surface area (Å²) in [6.45, 7) is 6.79. The van der Waals surface area contributed by atoms with Crippen molar-refractivity contribution in [1.82, 2.24) is 20.1 Å². The molecule has 5 nitrogen and oxygen atoms in total. The van der Waals surface area contributed by atoms with Gasteiger partial charge in [0.1, 0.15) is 0 Å². The summed E-state index contributed by atoms with van der Waals surface area (Å²) in [5, 5.41) is 12.8. The van der Waals surface area contributed by atoms with E-state index in [4.69, 9.17) is 11.6 Å². The lowest BCUT2D eigenvalue weighted by molar-refractivity contribution is -0.119. The molecule has 2 aromatic rings. The first-order chi connectivity index (χ1) is 11.0. The van der Waals surface area contributed by atoms with Crippen molar-refractivity contribution in [1.29, 1.82) is 0 Å². The highest BCUT2D eigenvalue weighted by molar-refractivity contribution is 7.99. The summed E-state index contributed by atoms with van der Waals surface area (Å²) in [5.41, 5.74) is 0.919. The van der Waals surface area contributed by atoms with Gasteiger partial charge in [0.15, 0.2) is 11.0 Å². The van der Waals surface area contributed by atoms with Crippen LogP contribution in [0.4, 0.5) is 0 Å². The number of halogens is 1. The van der Waals surface area contributed by atoms with Crippen LogP contribution in [-0.2, 0) is 11.3 Å².